The largest absolute Gasteiger partial charge is 0.494 e. The number of ether oxygens (including phenoxy) is 1. The predicted octanol–water partition coefficient (Wildman–Crippen LogP) is 3.95. The van der Waals surface area contributed by atoms with Gasteiger partial charge >= 0.3 is 0 Å². The minimum Gasteiger partial charge on any atom is -0.494 e. The molecule has 0 amide bonds. The van der Waals surface area contributed by atoms with E-state index in [-0.39, 0.29) is 5.41 Å². The summed E-state index contributed by atoms with van der Waals surface area (Å²) in [6.07, 6.45) is 4.71. The van der Waals surface area contributed by atoms with Gasteiger partial charge in [0.05, 0.1) is 6.61 Å². The van der Waals surface area contributed by atoms with Gasteiger partial charge in [-0.3, -0.25) is 4.99 Å². The third-order valence-corrected chi connectivity index (χ3v) is 2.31. The summed E-state index contributed by atoms with van der Waals surface area (Å²) in [5, 5.41) is 0. The smallest absolute Gasteiger partial charge is 0.113 e. The van der Waals surface area contributed by atoms with E-state index in [9.17, 15) is 0 Å². The molecule has 15 heavy (non-hydrogen) atoms. The second-order valence-corrected chi connectivity index (χ2v) is 4.45. The zero-order valence-corrected chi connectivity index (χ0v) is 10.6. The van der Waals surface area contributed by atoms with Gasteiger partial charge in [0.2, 0.25) is 0 Å². The fourth-order valence-corrected chi connectivity index (χ4v) is 0.906. The average Bonchev–Trinajstić information content (AvgIpc) is 2.15. The van der Waals surface area contributed by atoms with Crippen LogP contribution in [0.4, 0.5) is 0 Å². The monoisotopic (exact) mass is 209 g/mol. The maximum absolute atomic E-state index is 5.57. The van der Waals surface area contributed by atoms with Crippen LogP contribution in [0.15, 0.2) is 29.1 Å². The summed E-state index contributed by atoms with van der Waals surface area (Å²) in [6.45, 7) is 14.9. The molecule has 0 heterocycles. The second kappa shape index (κ2) is 6.44. The lowest BCUT2D eigenvalue weighted by Gasteiger charge is -2.22. The summed E-state index contributed by atoms with van der Waals surface area (Å²) in [6, 6.07) is 0. The Balaban J connectivity index is 4.11. The molecule has 0 bridgehead atoms. The highest BCUT2D eigenvalue weighted by Crippen LogP contribution is 2.21. The van der Waals surface area contributed by atoms with Crippen molar-refractivity contribution in [3.63, 3.8) is 0 Å². The maximum atomic E-state index is 5.57. The van der Waals surface area contributed by atoms with Crippen LogP contribution in [0, 0.1) is 5.41 Å². The lowest BCUT2D eigenvalue weighted by molar-refractivity contribution is 0.120. The van der Waals surface area contributed by atoms with E-state index in [1.54, 1.807) is 6.21 Å². The normalized spacial score (nSPS) is 13.3. The van der Waals surface area contributed by atoms with Gasteiger partial charge in [-0.15, -0.1) is 0 Å². The number of hydrogen-bond acceptors (Lipinski definition) is 2. The molecule has 2 nitrogen and oxygen atoms in total. The van der Waals surface area contributed by atoms with E-state index in [1.165, 1.54) is 0 Å². The number of hydrogen-bond donors (Lipinski definition) is 0. The first-order chi connectivity index (χ1) is 6.91. The Kier molecular flexibility index (Phi) is 5.99. The third-order valence-electron chi connectivity index (χ3n) is 2.31. The van der Waals surface area contributed by atoms with Gasteiger partial charge in [-0.25, -0.2) is 0 Å². The molecule has 86 valence electrons. The molecule has 0 spiro atoms. The highest BCUT2D eigenvalue weighted by molar-refractivity contribution is 5.55. The Morgan fingerprint density at radius 3 is 2.53 bits per heavy atom. The minimum atomic E-state index is 0.207. The van der Waals surface area contributed by atoms with Crippen LogP contribution < -0.4 is 0 Å². The highest BCUT2D eigenvalue weighted by atomic mass is 16.5. The van der Waals surface area contributed by atoms with Gasteiger partial charge in [0, 0.05) is 18.0 Å². The van der Waals surface area contributed by atoms with E-state index in [2.05, 4.69) is 32.3 Å². The Bertz CT molecular complexity index is 262. The van der Waals surface area contributed by atoms with Crippen molar-refractivity contribution < 1.29 is 4.74 Å². The molecule has 0 aliphatic carbocycles. The van der Waals surface area contributed by atoms with E-state index in [1.807, 2.05) is 19.9 Å². The van der Waals surface area contributed by atoms with Gasteiger partial charge in [0.25, 0.3) is 0 Å². The van der Waals surface area contributed by atoms with Crippen LogP contribution in [0.1, 0.15) is 41.0 Å². The Hall–Kier alpha value is -1.05. The predicted molar refractivity (Wildman–Crippen MR) is 67.1 cm³/mol. The van der Waals surface area contributed by atoms with Crippen LogP contribution in [-0.4, -0.2) is 12.8 Å². The van der Waals surface area contributed by atoms with Crippen molar-refractivity contribution in [2.24, 2.45) is 10.4 Å². The zero-order chi connectivity index (χ0) is 11.9. The SMILES string of the molecule is C=C(/C=C(\C)N=CC)OCC(C)(C)CC. The third kappa shape index (κ3) is 6.95. The molecule has 0 aromatic carbocycles. The molecule has 0 saturated heterocycles. The molecule has 0 aromatic rings. The van der Waals surface area contributed by atoms with Gasteiger partial charge in [0.1, 0.15) is 5.76 Å². The van der Waals surface area contributed by atoms with E-state index >= 15 is 0 Å². The molecule has 0 unspecified atom stereocenters. The Morgan fingerprint density at radius 1 is 1.47 bits per heavy atom. The van der Waals surface area contributed by atoms with E-state index in [0.29, 0.717) is 12.4 Å². The molecule has 0 radical (unpaired) electrons. The summed E-state index contributed by atoms with van der Waals surface area (Å²) < 4.78 is 5.57. The molecular weight excluding hydrogens is 186 g/mol. The van der Waals surface area contributed by atoms with Gasteiger partial charge in [-0.1, -0.05) is 27.4 Å². The fraction of sp³-hybridized carbons (Fsp3) is 0.615. The molecule has 0 aliphatic heterocycles. The first-order valence-corrected chi connectivity index (χ1v) is 5.40. The summed E-state index contributed by atoms with van der Waals surface area (Å²) in [7, 11) is 0. The molecule has 0 fully saturated rings. The van der Waals surface area contributed by atoms with Crippen molar-refractivity contribution in [3.8, 4) is 0 Å². The molecule has 0 N–H and O–H groups in total. The number of nitrogens with zero attached hydrogens (tertiary/aromatic N) is 1. The van der Waals surface area contributed by atoms with Crippen LogP contribution in [0.2, 0.25) is 0 Å². The van der Waals surface area contributed by atoms with Gasteiger partial charge < -0.3 is 4.74 Å². The van der Waals surface area contributed by atoms with Gasteiger partial charge in [-0.2, -0.15) is 0 Å². The van der Waals surface area contributed by atoms with Crippen LogP contribution in [0.25, 0.3) is 0 Å². The van der Waals surface area contributed by atoms with Crippen molar-refractivity contribution >= 4 is 6.21 Å². The van der Waals surface area contributed by atoms with Crippen LogP contribution in [0.5, 0.6) is 0 Å². The molecule has 0 saturated carbocycles. The van der Waals surface area contributed by atoms with Gasteiger partial charge in [-0.05, 0) is 25.7 Å². The number of allylic oxidation sites excluding steroid dienone is 2. The van der Waals surface area contributed by atoms with Crippen LogP contribution in [0.3, 0.4) is 0 Å². The molecule has 2 heteroatoms. The Labute approximate surface area is 93.7 Å². The summed E-state index contributed by atoms with van der Waals surface area (Å²) in [5.74, 6) is 0.680. The minimum absolute atomic E-state index is 0.207. The molecule has 0 rings (SSSR count). The highest BCUT2D eigenvalue weighted by Gasteiger charge is 2.15. The van der Waals surface area contributed by atoms with Crippen LogP contribution >= 0.6 is 0 Å². The van der Waals surface area contributed by atoms with E-state index in [4.69, 9.17) is 4.74 Å². The topological polar surface area (TPSA) is 21.6 Å². The molecule has 0 aliphatic rings. The molecule has 0 aromatic heterocycles. The fourth-order valence-electron chi connectivity index (χ4n) is 0.906. The average molecular weight is 209 g/mol. The van der Waals surface area contributed by atoms with Crippen molar-refractivity contribution in [3.05, 3.63) is 24.1 Å². The standard InChI is InChI=1S/C13H23NO/c1-7-13(5,6)10-15-12(4)9-11(3)14-8-2/h8-9H,4,7,10H2,1-3,5-6H3/b11-9+,14-8?. The molecule has 0 atom stereocenters. The maximum Gasteiger partial charge on any atom is 0.113 e. The lowest BCUT2D eigenvalue weighted by Crippen LogP contribution is -2.17. The van der Waals surface area contributed by atoms with E-state index in [0.717, 1.165) is 12.1 Å². The molecular formula is C13H23NO. The zero-order valence-electron chi connectivity index (χ0n) is 10.6. The first-order valence-electron chi connectivity index (χ1n) is 5.40. The number of aliphatic imine (C=N–C) groups is 1. The van der Waals surface area contributed by atoms with Crippen molar-refractivity contribution in [1.82, 2.24) is 0 Å². The first kappa shape index (κ1) is 13.9. The number of rotatable bonds is 6. The summed E-state index contributed by atoms with van der Waals surface area (Å²) >= 11 is 0. The van der Waals surface area contributed by atoms with Crippen molar-refractivity contribution in [2.75, 3.05) is 6.61 Å². The van der Waals surface area contributed by atoms with Crippen molar-refractivity contribution in [1.29, 1.82) is 0 Å². The second-order valence-electron chi connectivity index (χ2n) is 4.45. The van der Waals surface area contributed by atoms with Crippen molar-refractivity contribution in [2.45, 2.75) is 41.0 Å². The van der Waals surface area contributed by atoms with Crippen LogP contribution in [-0.2, 0) is 4.74 Å². The lowest BCUT2D eigenvalue weighted by atomic mass is 9.92. The van der Waals surface area contributed by atoms with E-state index < -0.39 is 0 Å². The van der Waals surface area contributed by atoms with Gasteiger partial charge in [0.15, 0.2) is 0 Å². The summed E-state index contributed by atoms with van der Waals surface area (Å²) in [4.78, 5) is 4.12. The Morgan fingerprint density at radius 2 is 2.07 bits per heavy atom. The summed E-state index contributed by atoms with van der Waals surface area (Å²) in [5.41, 5.74) is 1.12. The quantitative estimate of drug-likeness (QED) is 0.369.